The molecule has 0 unspecified atom stereocenters. The van der Waals surface area contributed by atoms with Crippen LogP contribution >= 0.6 is 0 Å². The van der Waals surface area contributed by atoms with E-state index in [1.807, 2.05) is 4.90 Å². The van der Waals surface area contributed by atoms with Crippen molar-refractivity contribution in [2.45, 2.75) is 52.9 Å². The molecule has 0 aromatic rings. The lowest BCUT2D eigenvalue weighted by atomic mass is 9.97. The number of rotatable bonds is 10. The molecule has 0 bridgehead atoms. The Morgan fingerprint density at radius 3 is 2.10 bits per heavy atom. The van der Waals surface area contributed by atoms with Gasteiger partial charge in [0.05, 0.1) is 6.54 Å². The zero-order valence-electron chi connectivity index (χ0n) is 14.4. The summed E-state index contributed by atoms with van der Waals surface area (Å²) in [5.41, 5.74) is 0. The normalized spacial score (nSPS) is 16.4. The zero-order valence-corrected chi connectivity index (χ0v) is 14.4. The Labute approximate surface area is 131 Å². The third-order valence-corrected chi connectivity index (χ3v) is 4.21. The van der Waals surface area contributed by atoms with E-state index in [9.17, 15) is 4.79 Å². The van der Waals surface area contributed by atoms with Gasteiger partial charge in [0.15, 0.2) is 0 Å². The maximum absolute atomic E-state index is 12.5. The van der Waals surface area contributed by atoms with Crippen LogP contribution in [0, 0.1) is 5.92 Å². The standard InChI is InChI=1S/C17H35N3O/c1-4-11-19(14-16-7-9-18-10-8-16)15-17(21)20(12-5-2)13-6-3/h16,18H,4-15H2,1-3H3. The maximum Gasteiger partial charge on any atom is 0.236 e. The highest BCUT2D eigenvalue weighted by atomic mass is 16.2. The molecule has 1 aliphatic rings. The van der Waals surface area contributed by atoms with Crippen LogP contribution in [0.25, 0.3) is 0 Å². The number of hydrogen-bond donors (Lipinski definition) is 1. The predicted octanol–water partition coefficient (Wildman–Crippen LogP) is 2.35. The summed E-state index contributed by atoms with van der Waals surface area (Å²) in [5.74, 6) is 1.08. The van der Waals surface area contributed by atoms with Crippen LogP contribution in [0.4, 0.5) is 0 Å². The van der Waals surface area contributed by atoms with Crippen LogP contribution in [0.5, 0.6) is 0 Å². The first-order valence-corrected chi connectivity index (χ1v) is 8.92. The number of piperidine rings is 1. The Bertz CT molecular complexity index is 271. The van der Waals surface area contributed by atoms with E-state index in [0.717, 1.165) is 64.4 Å². The monoisotopic (exact) mass is 297 g/mol. The highest BCUT2D eigenvalue weighted by Crippen LogP contribution is 2.14. The molecule has 21 heavy (non-hydrogen) atoms. The Morgan fingerprint density at radius 2 is 1.57 bits per heavy atom. The Hall–Kier alpha value is -0.610. The summed E-state index contributed by atoms with van der Waals surface area (Å²) in [5, 5.41) is 3.42. The van der Waals surface area contributed by atoms with Gasteiger partial charge >= 0.3 is 0 Å². The third-order valence-electron chi connectivity index (χ3n) is 4.21. The van der Waals surface area contributed by atoms with E-state index in [1.165, 1.54) is 12.8 Å². The summed E-state index contributed by atoms with van der Waals surface area (Å²) in [7, 11) is 0. The molecule has 4 heteroatoms. The molecule has 1 heterocycles. The molecule has 124 valence electrons. The van der Waals surface area contributed by atoms with Gasteiger partial charge in [0, 0.05) is 19.6 Å². The summed E-state index contributed by atoms with van der Waals surface area (Å²) in [4.78, 5) is 17.0. The van der Waals surface area contributed by atoms with E-state index in [4.69, 9.17) is 0 Å². The minimum atomic E-state index is 0.320. The number of hydrogen-bond acceptors (Lipinski definition) is 3. The lowest BCUT2D eigenvalue weighted by molar-refractivity contribution is -0.132. The van der Waals surface area contributed by atoms with Gasteiger partial charge < -0.3 is 10.2 Å². The molecular weight excluding hydrogens is 262 g/mol. The lowest BCUT2D eigenvalue weighted by Crippen LogP contribution is -2.44. The molecular formula is C17H35N3O. The average molecular weight is 297 g/mol. The van der Waals surface area contributed by atoms with Crippen molar-refractivity contribution in [3.63, 3.8) is 0 Å². The van der Waals surface area contributed by atoms with E-state index in [2.05, 4.69) is 31.0 Å². The van der Waals surface area contributed by atoms with Crippen molar-refractivity contribution >= 4 is 5.91 Å². The van der Waals surface area contributed by atoms with Crippen molar-refractivity contribution in [1.29, 1.82) is 0 Å². The zero-order chi connectivity index (χ0) is 15.5. The molecule has 0 aromatic carbocycles. The number of nitrogens with zero attached hydrogens (tertiary/aromatic N) is 2. The van der Waals surface area contributed by atoms with Crippen LogP contribution in [-0.2, 0) is 4.79 Å². The van der Waals surface area contributed by atoms with Crippen molar-refractivity contribution in [3.8, 4) is 0 Å². The minimum Gasteiger partial charge on any atom is -0.342 e. The highest BCUT2D eigenvalue weighted by Gasteiger charge is 2.20. The fourth-order valence-corrected chi connectivity index (χ4v) is 3.17. The van der Waals surface area contributed by atoms with Crippen molar-refractivity contribution in [2.75, 3.05) is 45.8 Å². The molecule has 1 fully saturated rings. The van der Waals surface area contributed by atoms with Crippen molar-refractivity contribution in [2.24, 2.45) is 5.92 Å². The van der Waals surface area contributed by atoms with Crippen molar-refractivity contribution in [3.05, 3.63) is 0 Å². The average Bonchev–Trinajstić information content (AvgIpc) is 2.48. The first-order valence-electron chi connectivity index (χ1n) is 8.92. The molecule has 0 saturated carbocycles. The van der Waals surface area contributed by atoms with Gasteiger partial charge in [0.1, 0.15) is 0 Å². The fourth-order valence-electron chi connectivity index (χ4n) is 3.17. The molecule has 1 amide bonds. The first kappa shape index (κ1) is 18.4. The molecule has 1 aliphatic heterocycles. The Morgan fingerprint density at radius 1 is 1.00 bits per heavy atom. The van der Waals surface area contributed by atoms with Crippen LogP contribution < -0.4 is 5.32 Å². The second-order valence-corrected chi connectivity index (χ2v) is 6.31. The lowest BCUT2D eigenvalue weighted by Gasteiger charge is -2.31. The quantitative estimate of drug-likeness (QED) is 0.672. The van der Waals surface area contributed by atoms with Crippen molar-refractivity contribution in [1.82, 2.24) is 15.1 Å². The molecule has 0 aliphatic carbocycles. The van der Waals surface area contributed by atoms with Gasteiger partial charge in [0.25, 0.3) is 0 Å². The molecule has 0 spiro atoms. The van der Waals surface area contributed by atoms with Crippen molar-refractivity contribution < 1.29 is 4.79 Å². The number of amides is 1. The molecule has 1 saturated heterocycles. The van der Waals surface area contributed by atoms with Crippen LogP contribution in [0.15, 0.2) is 0 Å². The van der Waals surface area contributed by atoms with Crippen LogP contribution in [-0.4, -0.2) is 61.5 Å². The topological polar surface area (TPSA) is 35.6 Å². The van der Waals surface area contributed by atoms with E-state index >= 15 is 0 Å². The summed E-state index contributed by atoms with van der Waals surface area (Å²) < 4.78 is 0. The van der Waals surface area contributed by atoms with Crippen LogP contribution in [0.1, 0.15) is 52.9 Å². The van der Waals surface area contributed by atoms with Gasteiger partial charge in [-0.15, -0.1) is 0 Å². The Balaban J connectivity index is 2.48. The summed E-state index contributed by atoms with van der Waals surface area (Å²) in [6, 6.07) is 0. The first-order chi connectivity index (χ1) is 10.2. The SMILES string of the molecule is CCCN(CC(=O)N(CCC)CCC)CC1CCNCC1. The Kier molecular flexibility index (Phi) is 9.68. The number of nitrogens with one attached hydrogen (secondary N) is 1. The van der Waals surface area contributed by atoms with E-state index in [0.29, 0.717) is 12.5 Å². The van der Waals surface area contributed by atoms with Gasteiger partial charge in [-0.2, -0.15) is 0 Å². The fraction of sp³-hybridized carbons (Fsp3) is 0.941. The van der Waals surface area contributed by atoms with Gasteiger partial charge in [-0.05, 0) is 57.7 Å². The number of carbonyl (C=O) groups excluding carboxylic acids is 1. The van der Waals surface area contributed by atoms with E-state index < -0.39 is 0 Å². The second kappa shape index (κ2) is 11.0. The molecule has 0 radical (unpaired) electrons. The summed E-state index contributed by atoms with van der Waals surface area (Å²) in [6.07, 6.45) is 5.73. The molecule has 0 atom stereocenters. The van der Waals surface area contributed by atoms with E-state index in [1.54, 1.807) is 0 Å². The second-order valence-electron chi connectivity index (χ2n) is 6.31. The highest BCUT2D eigenvalue weighted by molar-refractivity contribution is 5.78. The molecule has 0 aromatic heterocycles. The van der Waals surface area contributed by atoms with Gasteiger partial charge in [0.2, 0.25) is 5.91 Å². The maximum atomic E-state index is 12.5. The summed E-state index contributed by atoms with van der Waals surface area (Å²) in [6.45, 7) is 13.3. The molecule has 1 N–H and O–H groups in total. The van der Waals surface area contributed by atoms with Crippen LogP contribution in [0.3, 0.4) is 0 Å². The van der Waals surface area contributed by atoms with Gasteiger partial charge in [-0.3, -0.25) is 9.69 Å². The predicted molar refractivity (Wildman–Crippen MR) is 89.5 cm³/mol. The molecule has 1 rings (SSSR count). The largest absolute Gasteiger partial charge is 0.342 e. The smallest absolute Gasteiger partial charge is 0.236 e. The number of carbonyl (C=O) groups is 1. The minimum absolute atomic E-state index is 0.320. The molecule has 4 nitrogen and oxygen atoms in total. The third kappa shape index (κ3) is 7.28. The summed E-state index contributed by atoms with van der Waals surface area (Å²) >= 11 is 0. The van der Waals surface area contributed by atoms with Gasteiger partial charge in [-0.1, -0.05) is 20.8 Å². The van der Waals surface area contributed by atoms with E-state index in [-0.39, 0.29) is 0 Å². The van der Waals surface area contributed by atoms with Crippen LogP contribution in [0.2, 0.25) is 0 Å². The van der Waals surface area contributed by atoms with Gasteiger partial charge in [-0.25, -0.2) is 0 Å².